The zero-order valence-electron chi connectivity index (χ0n) is 18.7. The predicted molar refractivity (Wildman–Crippen MR) is 134 cm³/mol. The minimum absolute atomic E-state index is 0.194. The highest BCUT2D eigenvalue weighted by atomic mass is 35.5. The van der Waals surface area contributed by atoms with Crippen LogP contribution in [0.1, 0.15) is 10.5 Å². The number of piperazine rings is 1. The lowest BCUT2D eigenvalue weighted by Crippen LogP contribution is -2.48. The lowest BCUT2D eigenvalue weighted by Gasteiger charge is -2.36. The number of hydrogen-bond acceptors (Lipinski definition) is 5. The number of nitrogens with zero attached hydrogens (tertiary/aromatic N) is 4. The molecule has 3 heterocycles. The van der Waals surface area contributed by atoms with E-state index in [4.69, 9.17) is 16.0 Å². The second-order valence-corrected chi connectivity index (χ2v) is 8.64. The number of hydrogen-bond donors (Lipinski definition) is 1. The van der Waals surface area contributed by atoms with Gasteiger partial charge in [-0.2, -0.15) is 5.10 Å². The van der Waals surface area contributed by atoms with E-state index in [1.54, 1.807) is 17.0 Å². The molecule has 1 fully saturated rings. The van der Waals surface area contributed by atoms with Gasteiger partial charge in [0.05, 0.1) is 12.0 Å². The molecule has 5 rings (SSSR count). The molecule has 8 heteroatoms. The fourth-order valence-corrected chi connectivity index (χ4v) is 4.36. The molecule has 0 aliphatic carbocycles. The molecule has 34 heavy (non-hydrogen) atoms. The van der Waals surface area contributed by atoms with Crippen molar-refractivity contribution >= 4 is 23.2 Å². The van der Waals surface area contributed by atoms with E-state index in [0.29, 0.717) is 18.0 Å². The van der Waals surface area contributed by atoms with Crippen LogP contribution in [-0.2, 0) is 0 Å². The minimum atomic E-state index is -0.194. The van der Waals surface area contributed by atoms with Crippen LogP contribution in [0.4, 0.5) is 5.69 Å². The first kappa shape index (κ1) is 22.3. The first-order chi connectivity index (χ1) is 16.7. The van der Waals surface area contributed by atoms with Crippen molar-refractivity contribution in [3.63, 3.8) is 0 Å². The summed E-state index contributed by atoms with van der Waals surface area (Å²) < 4.78 is 7.31. The van der Waals surface area contributed by atoms with E-state index in [1.165, 1.54) is 0 Å². The summed E-state index contributed by atoms with van der Waals surface area (Å²) in [6, 6.07) is 23.1. The molecule has 0 spiro atoms. The number of carbonyl (C=O) groups is 1. The third-order valence-corrected chi connectivity index (χ3v) is 6.21. The van der Waals surface area contributed by atoms with Crippen LogP contribution in [0.3, 0.4) is 0 Å². The number of aromatic nitrogens is 2. The van der Waals surface area contributed by atoms with Gasteiger partial charge in [-0.25, -0.2) is 4.68 Å². The third-order valence-electron chi connectivity index (χ3n) is 5.98. The molecule has 7 nitrogen and oxygen atoms in total. The summed E-state index contributed by atoms with van der Waals surface area (Å²) in [5.74, 6) is 0.466. The largest absolute Gasteiger partial charge is 0.463 e. The van der Waals surface area contributed by atoms with Gasteiger partial charge in [-0.1, -0.05) is 35.9 Å². The molecule has 0 atom stereocenters. The number of benzene rings is 2. The van der Waals surface area contributed by atoms with E-state index in [-0.39, 0.29) is 5.91 Å². The number of anilines is 1. The highest BCUT2D eigenvalue weighted by molar-refractivity contribution is 6.30. The van der Waals surface area contributed by atoms with Crippen molar-refractivity contribution in [1.82, 2.24) is 20.0 Å². The maximum Gasteiger partial charge on any atom is 0.271 e. The van der Waals surface area contributed by atoms with Gasteiger partial charge in [0.1, 0.15) is 5.69 Å². The number of furan rings is 1. The smallest absolute Gasteiger partial charge is 0.271 e. The van der Waals surface area contributed by atoms with E-state index in [2.05, 4.69) is 26.3 Å². The van der Waals surface area contributed by atoms with Crippen LogP contribution < -0.4 is 10.2 Å². The molecular weight excluding hydrogens is 450 g/mol. The van der Waals surface area contributed by atoms with Gasteiger partial charge >= 0.3 is 0 Å². The SMILES string of the molecule is O=C(NCCN1CCN(c2cccc(Cl)c2)CC1)c1cc(-c2ccco2)n(-c2ccccc2)n1. The molecule has 0 radical (unpaired) electrons. The lowest BCUT2D eigenvalue weighted by atomic mass is 10.2. The van der Waals surface area contributed by atoms with Crippen molar-refractivity contribution in [1.29, 1.82) is 0 Å². The standard InChI is InChI=1S/C26H26ClN5O2/c27-20-6-4-9-22(18-20)31-15-13-30(14-16-31)12-11-28-26(33)23-19-24(25-10-5-17-34-25)32(29-23)21-7-2-1-3-8-21/h1-10,17-19H,11-16H2,(H,28,33). The number of nitrogens with one attached hydrogen (secondary N) is 1. The lowest BCUT2D eigenvalue weighted by molar-refractivity contribution is 0.0942. The van der Waals surface area contributed by atoms with Crippen LogP contribution in [0.25, 0.3) is 17.1 Å². The summed E-state index contributed by atoms with van der Waals surface area (Å²) in [6.07, 6.45) is 1.61. The van der Waals surface area contributed by atoms with Gasteiger partial charge in [-0.15, -0.1) is 0 Å². The Morgan fingerprint density at radius 1 is 0.941 bits per heavy atom. The molecule has 1 aliphatic heterocycles. The molecule has 1 amide bonds. The Kier molecular flexibility index (Phi) is 6.65. The summed E-state index contributed by atoms with van der Waals surface area (Å²) in [4.78, 5) is 17.6. The fraction of sp³-hybridized carbons (Fsp3) is 0.231. The van der Waals surface area contributed by atoms with Gasteiger partial charge in [0.15, 0.2) is 11.5 Å². The molecule has 4 aromatic rings. The van der Waals surface area contributed by atoms with Gasteiger partial charge in [-0.3, -0.25) is 9.69 Å². The van der Waals surface area contributed by atoms with Gasteiger partial charge in [0.2, 0.25) is 0 Å². The first-order valence-corrected chi connectivity index (χ1v) is 11.8. The Hall–Kier alpha value is -3.55. The monoisotopic (exact) mass is 475 g/mol. The second kappa shape index (κ2) is 10.2. The van der Waals surface area contributed by atoms with Gasteiger partial charge in [0.25, 0.3) is 5.91 Å². The van der Waals surface area contributed by atoms with Crippen molar-refractivity contribution in [3.05, 3.63) is 89.8 Å². The van der Waals surface area contributed by atoms with E-state index in [9.17, 15) is 4.79 Å². The van der Waals surface area contributed by atoms with Crippen LogP contribution in [0, 0.1) is 0 Å². The minimum Gasteiger partial charge on any atom is -0.463 e. The Labute approximate surface area is 203 Å². The van der Waals surface area contributed by atoms with Crippen LogP contribution in [0.2, 0.25) is 5.02 Å². The average molecular weight is 476 g/mol. The molecule has 1 saturated heterocycles. The quantitative estimate of drug-likeness (QED) is 0.431. The molecule has 0 unspecified atom stereocenters. The predicted octanol–water partition coefficient (Wildman–Crippen LogP) is 4.34. The Balaban J connectivity index is 1.18. The Bertz CT molecular complexity index is 1230. The summed E-state index contributed by atoms with van der Waals surface area (Å²) in [7, 11) is 0. The van der Waals surface area contributed by atoms with Crippen LogP contribution in [0.15, 0.2) is 83.5 Å². The number of carbonyl (C=O) groups excluding carboxylic acids is 1. The highest BCUT2D eigenvalue weighted by Gasteiger charge is 2.20. The number of para-hydroxylation sites is 1. The molecule has 1 aliphatic rings. The zero-order chi connectivity index (χ0) is 23.3. The molecule has 0 bridgehead atoms. The van der Waals surface area contributed by atoms with E-state index < -0.39 is 0 Å². The van der Waals surface area contributed by atoms with E-state index >= 15 is 0 Å². The summed E-state index contributed by atoms with van der Waals surface area (Å²) in [5, 5.41) is 8.34. The maximum atomic E-state index is 12.9. The van der Waals surface area contributed by atoms with Crippen molar-refractivity contribution in [3.8, 4) is 17.1 Å². The van der Waals surface area contributed by atoms with Crippen molar-refractivity contribution in [2.45, 2.75) is 0 Å². The van der Waals surface area contributed by atoms with Gasteiger partial charge in [-0.05, 0) is 42.5 Å². The van der Waals surface area contributed by atoms with Crippen LogP contribution >= 0.6 is 11.6 Å². The maximum absolute atomic E-state index is 12.9. The summed E-state index contributed by atoms with van der Waals surface area (Å²) >= 11 is 6.13. The normalized spacial score (nSPS) is 14.3. The zero-order valence-corrected chi connectivity index (χ0v) is 19.5. The van der Waals surface area contributed by atoms with Gasteiger partial charge < -0.3 is 14.6 Å². The molecule has 0 saturated carbocycles. The van der Waals surface area contributed by atoms with E-state index in [0.717, 1.165) is 54.8 Å². The second-order valence-electron chi connectivity index (χ2n) is 8.20. The number of amides is 1. The van der Waals surface area contributed by atoms with Crippen molar-refractivity contribution in [2.75, 3.05) is 44.2 Å². The number of halogens is 1. The summed E-state index contributed by atoms with van der Waals surface area (Å²) in [6.45, 7) is 5.09. The number of rotatable bonds is 7. The molecule has 2 aromatic heterocycles. The molecular formula is C26H26ClN5O2. The highest BCUT2D eigenvalue weighted by Crippen LogP contribution is 2.24. The fourth-order valence-electron chi connectivity index (χ4n) is 4.18. The van der Waals surface area contributed by atoms with Crippen molar-refractivity contribution < 1.29 is 9.21 Å². The topological polar surface area (TPSA) is 66.5 Å². The van der Waals surface area contributed by atoms with E-state index in [1.807, 2.05) is 60.7 Å². The third kappa shape index (κ3) is 5.00. The van der Waals surface area contributed by atoms with Crippen LogP contribution in [0.5, 0.6) is 0 Å². The Morgan fingerprint density at radius 2 is 1.74 bits per heavy atom. The molecule has 1 N–H and O–H groups in total. The van der Waals surface area contributed by atoms with Gasteiger partial charge in [0, 0.05) is 56.0 Å². The summed E-state index contributed by atoms with van der Waals surface area (Å²) in [5.41, 5.74) is 3.12. The molecule has 2 aromatic carbocycles. The first-order valence-electron chi connectivity index (χ1n) is 11.4. The van der Waals surface area contributed by atoms with Crippen LogP contribution in [-0.4, -0.2) is 59.9 Å². The Morgan fingerprint density at radius 3 is 2.47 bits per heavy atom. The molecule has 174 valence electrons. The van der Waals surface area contributed by atoms with Crippen molar-refractivity contribution in [2.24, 2.45) is 0 Å². The average Bonchev–Trinajstić information content (AvgIpc) is 3.55.